The van der Waals surface area contributed by atoms with Crippen LogP contribution in [0.15, 0.2) is 72.8 Å². The average Bonchev–Trinajstić information content (AvgIpc) is 2.90. The maximum absolute atomic E-state index is 14.1. The maximum Gasteiger partial charge on any atom is 0.408 e. The Morgan fingerprint density at radius 3 is 2.26 bits per heavy atom. The zero-order valence-corrected chi connectivity index (χ0v) is 24.2. The Kier molecular flexibility index (Phi) is 10.8. The molecule has 39 heavy (non-hydrogen) atoms. The Balaban J connectivity index is 1.95. The lowest BCUT2D eigenvalue weighted by Crippen LogP contribution is -2.52. The highest BCUT2D eigenvalue weighted by Gasteiger charge is 2.35. The Bertz CT molecular complexity index is 1260. The lowest BCUT2D eigenvalue weighted by atomic mass is 10.0. The normalized spacial score (nSPS) is 12.8. The molecule has 0 fully saturated rings. The Morgan fingerprint density at radius 2 is 1.62 bits per heavy atom. The molecule has 3 aromatic carbocycles. The summed E-state index contributed by atoms with van der Waals surface area (Å²) < 4.78 is 5.44. The molecule has 0 aliphatic carbocycles. The molecule has 2 N–H and O–H groups in total. The summed E-state index contributed by atoms with van der Waals surface area (Å²) in [4.78, 5) is 42.2. The molecule has 3 rings (SSSR count). The van der Waals surface area contributed by atoms with Gasteiger partial charge in [-0.25, -0.2) is 4.79 Å². The number of alkyl carbamates (subject to hydrolysis) is 1. The first-order chi connectivity index (χ1) is 18.6. The van der Waals surface area contributed by atoms with Gasteiger partial charge in [0.05, 0.1) is 0 Å². The van der Waals surface area contributed by atoms with E-state index in [1.165, 1.54) is 0 Å². The number of hydrogen-bond donors (Lipinski definition) is 2. The van der Waals surface area contributed by atoms with Gasteiger partial charge in [0, 0.05) is 12.2 Å². The summed E-state index contributed by atoms with van der Waals surface area (Å²) in [6.07, 6.45) is 2.34. The fourth-order valence-corrected chi connectivity index (χ4v) is 4.81. The van der Waals surface area contributed by atoms with Gasteiger partial charge in [-0.3, -0.25) is 9.59 Å². The van der Waals surface area contributed by atoms with Crippen molar-refractivity contribution in [1.82, 2.24) is 10.2 Å². The number of nitrogens with one attached hydrogen (secondary N) is 2. The minimum absolute atomic E-state index is 0.320. The molecule has 0 heterocycles. The fraction of sp³-hybridized carbons (Fsp3) is 0.387. The molecule has 0 saturated heterocycles. The first kappa shape index (κ1) is 30.0. The number of amides is 3. The number of benzene rings is 3. The quantitative estimate of drug-likeness (QED) is 0.289. The SMILES string of the molecule is CCCN(C(=O)C(CCSC)NC(=O)OC(C)(C)C)C(C(=O)Nc1ccc2ccccc2c1)c1ccccc1. The third-order valence-corrected chi connectivity index (χ3v) is 6.68. The zero-order chi connectivity index (χ0) is 28.4. The number of carbonyl (C=O) groups excluding carboxylic acids is 3. The molecule has 0 radical (unpaired) electrons. The predicted molar refractivity (Wildman–Crippen MR) is 160 cm³/mol. The van der Waals surface area contributed by atoms with Crippen LogP contribution in [0.2, 0.25) is 0 Å². The summed E-state index contributed by atoms with van der Waals surface area (Å²) >= 11 is 1.58. The van der Waals surface area contributed by atoms with Crippen LogP contribution in [-0.4, -0.2) is 53.0 Å². The van der Waals surface area contributed by atoms with Gasteiger partial charge in [0.1, 0.15) is 17.7 Å². The first-order valence-corrected chi connectivity index (χ1v) is 14.7. The Morgan fingerprint density at radius 1 is 0.949 bits per heavy atom. The predicted octanol–water partition coefficient (Wildman–Crippen LogP) is 6.40. The van der Waals surface area contributed by atoms with E-state index in [0.29, 0.717) is 36.4 Å². The van der Waals surface area contributed by atoms with Gasteiger partial charge in [0.25, 0.3) is 5.91 Å². The molecule has 0 aromatic heterocycles. The van der Waals surface area contributed by atoms with Crippen LogP contribution in [0.25, 0.3) is 10.8 Å². The van der Waals surface area contributed by atoms with Crippen molar-refractivity contribution in [1.29, 1.82) is 0 Å². The van der Waals surface area contributed by atoms with Gasteiger partial charge < -0.3 is 20.3 Å². The molecule has 3 amide bonds. The van der Waals surface area contributed by atoms with Crippen LogP contribution >= 0.6 is 11.8 Å². The number of fused-ring (bicyclic) bond motifs is 1. The second kappa shape index (κ2) is 14.0. The molecule has 208 valence electrons. The molecule has 0 saturated carbocycles. The van der Waals surface area contributed by atoms with E-state index in [4.69, 9.17) is 4.74 Å². The number of ether oxygens (including phenoxy) is 1. The van der Waals surface area contributed by atoms with Crippen molar-refractivity contribution in [2.75, 3.05) is 23.9 Å². The van der Waals surface area contributed by atoms with Gasteiger partial charge in [-0.1, -0.05) is 67.6 Å². The third kappa shape index (κ3) is 8.75. The van der Waals surface area contributed by atoms with Gasteiger partial charge in [-0.2, -0.15) is 11.8 Å². The van der Waals surface area contributed by atoms with Crippen LogP contribution in [0.1, 0.15) is 52.1 Å². The van der Waals surface area contributed by atoms with E-state index in [-0.39, 0.29) is 11.8 Å². The molecule has 7 nitrogen and oxygen atoms in total. The molecule has 0 aliphatic rings. The number of anilines is 1. The molecule has 0 bridgehead atoms. The fourth-order valence-electron chi connectivity index (χ4n) is 4.34. The molecule has 8 heteroatoms. The van der Waals surface area contributed by atoms with Crippen molar-refractivity contribution in [3.05, 3.63) is 78.4 Å². The van der Waals surface area contributed by atoms with E-state index in [0.717, 1.165) is 10.8 Å². The van der Waals surface area contributed by atoms with Crippen LogP contribution in [0.3, 0.4) is 0 Å². The molecule has 0 aliphatic heterocycles. The van der Waals surface area contributed by atoms with Crippen molar-refractivity contribution >= 4 is 46.1 Å². The number of hydrogen-bond acceptors (Lipinski definition) is 5. The molecule has 2 unspecified atom stereocenters. The van der Waals surface area contributed by atoms with E-state index < -0.39 is 23.8 Å². The van der Waals surface area contributed by atoms with Crippen LogP contribution in [0.5, 0.6) is 0 Å². The average molecular weight is 550 g/mol. The van der Waals surface area contributed by atoms with Crippen LogP contribution in [-0.2, 0) is 14.3 Å². The lowest BCUT2D eigenvalue weighted by molar-refractivity contribution is -0.140. The monoisotopic (exact) mass is 549 g/mol. The van der Waals surface area contributed by atoms with E-state index in [1.54, 1.807) is 37.4 Å². The van der Waals surface area contributed by atoms with Gasteiger partial charge in [0.2, 0.25) is 5.91 Å². The van der Waals surface area contributed by atoms with Crippen LogP contribution < -0.4 is 10.6 Å². The number of carbonyl (C=O) groups is 3. The molecule has 3 aromatic rings. The highest BCUT2D eigenvalue weighted by atomic mass is 32.2. The summed E-state index contributed by atoms with van der Waals surface area (Å²) in [5.41, 5.74) is 0.639. The van der Waals surface area contributed by atoms with Gasteiger partial charge in [0.15, 0.2) is 0 Å². The summed E-state index contributed by atoms with van der Waals surface area (Å²) in [5, 5.41) is 7.87. The topological polar surface area (TPSA) is 87.7 Å². The maximum atomic E-state index is 14.1. The van der Waals surface area contributed by atoms with E-state index >= 15 is 0 Å². The smallest absolute Gasteiger partial charge is 0.408 e. The zero-order valence-electron chi connectivity index (χ0n) is 23.4. The number of thioether (sulfide) groups is 1. The molecular weight excluding hydrogens is 510 g/mol. The van der Waals surface area contributed by atoms with Crippen molar-refractivity contribution < 1.29 is 19.1 Å². The standard InChI is InChI=1S/C31H39N3O4S/c1-6-19-34(29(36)26(18-20-39-5)33-30(37)38-31(2,3)4)27(23-13-8-7-9-14-23)28(35)32-25-17-16-22-12-10-11-15-24(22)21-25/h7-17,21,26-27H,6,18-20H2,1-5H3,(H,32,35)(H,33,37). The summed E-state index contributed by atoms with van der Waals surface area (Å²) in [6, 6.07) is 21.2. The van der Waals surface area contributed by atoms with Crippen LogP contribution in [0.4, 0.5) is 10.5 Å². The van der Waals surface area contributed by atoms with Crippen molar-refractivity contribution in [2.24, 2.45) is 0 Å². The molecule has 0 spiro atoms. The van der Waals surface area contributed by atoms with Gasteiger partial charge in [-0.05, 0) is 74.1 Å². The van der Waals surface area contributed by atoms with Gasteiger partial charge in [-0.15, -0.1) is 0 Å². The lowest BCUT2D eigenvalue weighted by Gasteiger charge is -2.34. The Labute approximate surface area is 235 Å². The highest BCUT2D eigenvalue weighted by molar-refractivity contribution is 7.98. The third-order valence-electron chi connectivity index (χ3n) is 6.04. The molecule has 2 atom stereocenters. The van der Waals surface area contributed by atoms with E-state index in [1.807, 2.05) is 86.0 Å². The van der Waals surface area contributed by atoms with Crippen molar-refractivity contribution in [3.63, 3.8) is 0 Å². The van der Waals surface area contributed by atoms with Crippen molar-refractivity contribution in [3.8, 4) is 0 Å². The van der Waals surface area contributed by atoms with Crippen molar-refractivity contribution in [2.45, 2.75) is 58.2 Å². The first-order valence-electron chi connectivity index (χ1n) is 13.3. The van der Waals surface area contributed by atoms with E-state index in [2.05, 4.69) is 10.6 Å². The second-order valence-corrected chi connectivity index (χ2v) is 11.4. The second-order valence-electron chi connectivity index (χ2n) is 10.4. The summed E-state index contributed by atoms with van der Waals surface area (Å²) in [7, 11) is 0. The summed E-state index contributed by atoms with van der Waals surface area (Å²) in [5.74, 6) is 0.0179. The van der Waals surface area contributed by atoms with E-state index in [9.17, 15) is 14.4 Å². The summed E-state index contributed by atoms with van der Waals surface area (Å²) in [6.45, 7) is 7.63. The minimum Gasteiger partial charge on any atom is -0.444 e. The highest BCUT2D eigenvalue weighted by Crippen LogP contribution is 2.26. The number of nitrogens with zero attached hydrogens (tertiary/aromatic N) is 1. The minimum atomic E-state index is -0.887. The molecular formula is C31H39N3O4S. The van der Waals surface area contributed by atoms with Gasteiger partial charge >= 0.3 is 6.09 Å². The number of rotatable bonds is 11. The van der Waals surface area contributed by atoms with Crippen LogP contribution in [0, 0.1) is 0 Å². The largest absolute Gasteiger partial charge is 0.444 e. The Hall–Kier alpha value is -3.52.